The first-order valence-electron chi connectivity index (χ1n) is 6.78. The van der Waals surface area contributed by atoms with E-state index in [4.69, 9.17) is 0 Å². The van der Waals surface area contributed by atoms with Crippen molar-refractivity contribution in [2.75, 3.05) is 11.9 Å². The molecule has 0 atom stereocenters. The summed E-state index contributed by atoms with van der Waals surface area (Å²) < 4.78 is 0. The van der Waals surface area contributed by atoms with E-state index >= 15 is 0 Å². The molecule has 2 heterocycles. The molecule has 102 valence electrons. The van der Waals surface area contributed by atoms with Gasteiger partial charge in [-0.15, -0.1) is 5.10 Å². The second-order valence-corrected chi connectivity index (χ2v) is 4.30. The summed E-state index contributed by atoms with van der Waals surface area (Å²) >= 11 is 0. The number of aromatic nitrogens is 5. The van der Waals surface area contributed by atoms with Gasteiger partial charge in [0.15, 0.2) is 0 Å². The molecule has 19 heavy (non-hydrogen) atoms. The van der Waals surface area contributed by atoms with Crippen LogP contribution in [0.2, 0.25) is 0 Å². The van der Waals surface area contributed by atoms with E-state index in [1.54, 1.807) is 6.20 Å². The third kappa shape index (κ3) is 3.74. The summed E-state index contributed by atoms with van der Waals surface area (Å²) in [5, 5.41) is 11.5. The van der Waals surface area contributed by atoms with Crippen molar-refractivity contribution >= 4 is 5.95 Å². The largest absolute Gasteiger partial charge is 0.353 e. The minimum atomic E-state index is 0.619. The molecule has 0 aliphatic heterocycles. The fourth-order valence-electron chi connectivity index (χ4n) is 1.90. The standard InChI is InChI=1S/C13H20N6/c1-3-10-11(4-2)18-19-13(17-10)16-7-5-6-12-14-8-9-15-12/h8-9H,3-7H2,1-2H3,(H,14,15)(H,16,17,19). The second kappa shape index (κ2) is 6.82. The van der Waals surface area contributed by atoms with Crippen molar-refractivity contribution in [2.24, 2.45) is 0 Å². The van der Waals surface area contributed by atoms with Gasteiger partial charge in [0.1, 0.15) is 5.82 Å². The molecule has 0 fully saturated rings. The van der Waals surface area contributed by atoms with Crippen LogP contribution in [0, 0.1) is 0 Å². The van der Waals surface area contributed by atoms with E-state index in [1.807, 2.05) is 6.20 Å². The lowest BCUT2D eigenvalue weighted by Gasteiger charge is -2.07. The van der Waals surface area contributed by atoms with E-state index in [-0.39, 0.29) is 0 Å². The van der Waals surface area contributed by atoms with Crippen LogP contribution in [-0.2, 0) is 19.3 Å². The molecule has 0 saturated carbocycles. The summed E-state index contributed by atoms with van der Waals surface area (Å²) in [7, 11) is 0. The first-order chi connectivity index (χ1) is 9.33. The Hall–Kier alpha value is -1.98. The highest BCUT2D eigenvalue weighted by Crippen LogP contribution is 2.06. The van der Waals surface area contributed by atoms with Crippen molar-refractivity contribution in [3.8, 4) is 0 Å². The van der Waals surface area contributed by atoms with Crippen LogP contribution in [0.25, 0.3) is 0 Å². The van der Waals surface area contributed by atoms with Crippen LogP contribution in [0.5, 0.6) is 0 Å². The molecule has 6 heteroatoms. The molecule has 2 rings (SSSR count). The Morgan fingerprint density at radius 2 is 2.00 bits per heavy atom. The highest BCUT2D eigenvalue weighted by Gasteiger charge is 2.05. The highest BCUT2D eigenvalue weighted by atomic mass is 15.2. The fourth-order valence-corrected chi connectivity index (χ4v) is 1.90. The molecule has 0 unspecified atom stereocenters. The third-order valence-corrected chi connectivity index (χ3v) is 2.94. The van der Waals surface area contributed by atoms with Gasteiger partial charge in [-0.2, -0.15) is 5.10 Å². The number of H-pyrrole nitrogens is 1. The van der Waals surface area contributed by atoms with Gasteiger partial charge in [0, 0.05) is 25.4 Å². The number of aromatic amines is 1. The normalized spacial score (nSPS) is 10.6. The lowest BCUT2D eigenvalue weighted by molar-refractivity contribution is 0.786. The molecule has 0 aromatic carbocycles. The van der Waals surface area contributed by atoms with E-state index in [0.29, 0.717) is 5.95 Å². The predicted molar refractivity (Wildman–Crippen MR) is 74.0 cm³/mol. The first kappa shape index (κ1) is 13.5. The van der Waals surface area contributed by atoms with Crippen molar-refractivity contribution in [1.29, 1.82) is 0 Å². The van der Waals surface area contributed by atoms with Gasteiger partial charge < -0.3 is 10.3 Å². The summed E-state index contributed by atoms with van der Waals surface area (Å²) in [5.41, 5.74) is 2.02. The molecule has 0 bridgehead atoms. The summed E-state index contributed by atoms with van der Waals surface area (Å²) in [5.74, 6) is 1.63. The smallest absolute Gasteiger partial charge is 0.242 e. The number of nitrogens with zero attached hydrogens (tertiary/aromatic N) is 4. The predicted octanol–water partition coefficient (Wildman–Crippen LogP) is 1.76. The van der Waals surface area contributed by atoms with E-state index in [0.717, 1.165) is 49.4 Å². The Balaban J connectivity index is 1.82. The average molecular weight is 260 g/mol. The summed E-state index contributed by atoms with van der Waals surface area (Å²) in [6, 6.07) is 0. The molecule has 0 radical (unpaired) electrons. The van der Waals surface area contributed by atoms with Crippen molar-refractivity contribution in [3.05, 3.63) is 29.6 Å². The molecule has 2 N–H and O–H groups in total. The zero-order valence-electron chi connectivity index (χ0n) is 11.5. The Morgan fingerprint density at radius 3 is 2.68 bits per heavy atom. The average Bonchev–Trinajstić information content (AvgIpc) is 2.96. The SMILES string of the molecule is CCc1nnc(NCCCc2ncc[nH]2)nc1CC. The monoisotopic (exact) mass is 260 g/mol. The molecule has 0 aliphatic carbocycles. The Morgan fingerprint density at radius 1 is 1.16 bits per heavy atom. The van der Waals surface area contributed by atoms with E-state index in [2.05, 4.69) is 44.3 Å². The number of aryl methyl sites for hydroxylation is 3. The van der Waals surface area contributed by atoms with Crippen LogP contribution in [0.4, 0.5) is 5.95 Å². The fraction of sp³-hybridized carbons (Fsp3) is 0.538. The van der Waals surface area contributed by atoms with Crippen LogP contribution < -0.4 is 5.32 Å². The van der Waals surface area contributed by atoms with Gasteiger partial charge in [0.25, 0.3) is 0 Å². The van der Waals surface area contributed by atoms with Crippen LogP contribution in [0.15, 0.2) is 12.4 Å². The van der Waals surface area contributed by atoms with Gasteiger partial charge in [0.05, 0.1) is 11.4 Å². The molecule has 6 nitrogen and oxygen atoms in total. The molecule has 2 aromatic heterocycles. The number of imidazole rings is 1. The molecular formula is C13H20N6. The molecule has 0 saturated heterocycles. The van der Waals surface area contributed by atoms with Gasteiger partial charge >= 0.3 is 0 Å². The van der Waals surface area contributed by atoms with Crippen molar-refractivity contribution in [3.63, 3.8) is 0 Å². The quantitative estimate of drug-likeness (QED) is 0.742. The Labute approximate surface area is 113 Å². The maximum absolute atomic E-state index is 4.49. The van der Waals surface area contributed by atoms with E-state index < -0.39 is 0 Å². The van der Waals surface area contributed by atoms with Crippen LogP contribution in [0.1, 0.15) is 37.5 Å². The molecule has 0 spiro atoms. The maximum Gasteiger partial charge on any atom is 0.242 e. The molecule has 0 aliphatic rings. The Kier molecular flexibility index (Phi) is 4.83. The van der Waals surface area contributed by atoms with Crippen molar-refractivity contribution in [1.82, 2.24) is 25.1 Å². The zero-order chi connectivity index (χ0) is 13.5. The number of nitrogens with one attached hydrogen (secondary N) is 2. The number of rotatable bonds is 7. The van der Waals surface area contributed by atoms with Gasteiger partial charge in [-0.3, -0.25) is 0 Å². The number of anilines is 1. The highest BCUT2D eigenvalue weighted by molar-refractivity contribution is 5.25. The topological polar surface area (TPSA) is 79.4 Å². The minimum Gasteiger partial charge on any atom is -0.353 e. The summed E-state index contributed by atoms with van der Waals surface area (Å²) in [6.45, 7) is 4.97. The lowest BCUT2D eigenvalue weighted by atomic mass is 10.2. The minimum absolute atomic E-state index is 0.619. The third-order valence-electron chi connectivity index (χ3n) is 2.94. The number of hydrogen-bond donors (Lipinski definition) is 2. The van der Waals surface area contributed by atoms with Crippen LogP contribution >= 0.6 is 0 Å². The molecular weight excluding hydrogens is 240 g/mol. The summed E-state index contributed by atoms with van der Waals surface area (Å²) in [4.78, 5) is 11.8. The lowest BCUT2D eigenvalue weighted by Crippen LogP contribution is -2.11. The van der Waals surface area contributed by atoms with Gasteiger partial charge in [-0.05, 0) is 19.3 Å². The van der Waals surface area contributed by atoms with Gasteiger partial charge in [-0.25, -0.2) is 9.97 Å². The van der Waals surface area contributed by atoms with Gasteiger partial charge in [-0.1, -0.05) is 13.8 Å². The first-order valence-corrected chi connectivity index (χ1v) is 6.78. The van der Waals surface area contributed by atoms with E-state index in [9.17, 15) is 0 Å². The van der Waals surface area contributed by atoms with Crippen molar-refractivity contribution in [2.45, 2.75) is 39.5 Å². The second-order valence-electron chi connectivity index (χ2n) is 4.30. The Bertz CT molecular complexity index is 494. The summed E-state index contributed by atoms with van der Waals surface area (Å²) in [6.07, 6.45) is 7.27. The molecule has 0 amide bonds. The van der Waals surface area contributed by atoms with Crippen molar-refractivity contribution < 1.29 is 0 Å². The van der Waals surface area contributed by atoms with E-state index in [1.165, 1.54) is 0 Å². The molecule has 2 aromatic rings. The van der Waals surface area contributed by atoms with Crippen LogP contribution in [-0.4, -0.2) is 31.7 Å². The maximum atomic E-state index is 4.49. The van der Waals surface area contributed by atoms with Gasteiger partial charge in [0.2, 0.25) is 5.95 Å². The number of hydrogen-bond acceptors (Lipinski definition) is 5. The zero-order valence-corrected chi connectivity index (χ0v) is 11.5. The van der Waals surface area contributed by atoms with Crippen LogP contribution in [0.3, 0.4) is 0 Å².